The number of amides is 2. The molecule has 1 aromatic rings. The summed E-state index contributed by atoms with van der Waals surface area (Å²) >= 11 is 1.47. The maximum absolute atomic E-state index is 11.6. The van der Waals surface area contributed by atoms with Gasteiger partial charge in [0, 0.05) is 43.7 Å². The van der Waals surface area contributed by atoms with E-state index in [2.05, 4.69) is 24.5 Å². The zero-order valence-electron chi connectivity index (χ0n) is 12.7. The fourth-order valence-electron chi connectivity index (χ4n) is 1.59. The van der Waals surface area contributed by atoms with Crippen molar-refractivity contribution in [3.8, 4) is 0 Å². The van der Waals surface area contributed by atoms with E-state index in [1.54, 1.807) is 11.4 Å². The molecule has 0 aliphatic carbocycles. The number of carbonyl (C=O) groups excluding carboxylic acids is 2. The molecule has 0 radical (unpaired) electrons. The normalized spacial score (nSPS) is 10.6. The predicted octanol–water partition coefficient (Wildman–Crippen LogP) is 2.05. The molecule has 2 N–H and O–H groups in total. The molecule has 0 fully saturated rings. The Morgan fingerprint density at radius 2 is 2.10 bits per heavy atom. The first-order valence-electron chi connectivity index (χ1n) is 7.24. The van der Waals surface area contributed by atoms with Gasteiger partial charge in [-0.3, -0.25) is 9.59 Å². The lowest BCUT2D eigenvalue weighted by atomic mass is 10.2. The number of rotatable bonds is 10. The molecule has 2 amide bonds. The van der Waals surface area contributed by atoms with Gasteiger partial charge in [-0.1, -0.05) is 13.8 Å². The average Bonchev–Trinajstić information content (AvgIpc) is 2.96. The SMILES string of the molecule is CC(C)COCCCNC(=O)CCNC(=O)c1ccsc1. The maximum atomic E-state index is 11.6. The van der Waals surface area contributed by atoms with E-state index in [0.29, 0.717) is 37.6 Å². The van der Waals surface area contributed by atoms with E-state index < -0.39 is 0 Å². The van der Waals surface area contributed by atoms with Crippen molar-refractivity contribution < 1.29 is 14.3 Å². The summed E-state index contributed by atoms with van der Waals surface area (Å²) in [7, 11) is 0. The van der Waals surface area contributed by atoms with Crippen LogP contribution >= 0.6 is 11.3 Å². The highest BCUT2D eigenvalue weighted by molar-refractivity contribution is 7.08. The first kappa shape index (κ1) is 17.7. The monoisotopic (exact) mass is 312 g/mol. The van der Waals surface area contributed by atoms with Crippen LogP contribution < -0.4 is 10.6 Å². The number of nitrogens with one attached hydrogen (secondary N) is 2. The maximum Gasteiger partial charge on any atom is 0.252 e. The van der Waals surface area contributed by atoms with Crippen LogP contribution in [-0.2, 0) is 9.53 Å². The van der Waals surface area contributed by atoms with Crippen LogP contribution in [0.3, 0.4) is 0 Å². The Labute approximate surface area is 130 Å². The van der Waals surface area contributed by atoms with Crippen LogP contribution in [0.4, 0.5) is 0 Å². The second kappa shape index (κ2) is 10.3. The van der Waals surface area contributed by atoms with Crippen molar-refractivity contribution in [1.29, 1.82) is 0 Å². The smallest absolute Gasteiger partial charge is 0.252 e. The summed E-state index contributed by atoms with van der Waals surface area (Å²) in [6, 6.07) is 1.76. The molecule has 0 spiro atoms. The van der Waals surface area contributed by atoms with E-state index in [9.17, 15) is 9.59 Å². The van der Waals surface area contributed by atoms with Gasteiger partial charge in [-0.05, 0) is 23.8 Å². The zero-order chi connectivity index (χ0) is 15.5. The van der Waals surface area contributed by atoms with Gasteiger partial charge >= 0.3 is 0 Å². The molecule has 6 heteroatoms. The van der Waals surface area contributed by atoms with Crippen LogP contribution in [0, 0.1) is 5.92 Å². The zero-order valence-corrected chi connectivity index (χ0v) is 13.5. The summed E-state index contributed by atoms with van der Waals surface area (Å²) in [6.07, 6.45) is 1.10. The van der Waals surface area contributed by atoms with Crippen molar-refractivity contribution in [2.75, 3.05) is 26.3 Å². The van der Waals surface area contributed by atoms with Crippen molar-refractivity contribution in [1.82, 2.24) is 10.6 Å². The second-order valence-electron chi connectivity index (χ2n) is 5.19. The number of hydrogen-bond donors (Lipinski definition) is 2. The highest BCUT2D eigenvalue weighted by Crippen LogP contribution is 2.04. The van der Waals surface area contributed by atoms with Crippen LogP contribution in [0.1, 0.15) is 37.0 Å². The Morgan fingerprint density at radius 1 is 1.29 bits per heavy atom. The number of ether oxygens (including phenoxy) is 1. The highest BCUT2D eigenvalue weighted by Gasteiger charge is 2.06. The van der Waals surface area contributed by atoms with Crippen LogP contribution in [0.5, 0.6) is 0 Å². The Morgan fingerprint density at radius 3 is 2.76 bits per heavy atom. The molecule has 5 nitrogen and oxygen atoms in total. The largest absolute Gasteiger partial charge is 0.381 e. The van der Waals surface area contributed by atoms with Gasteiger partial charge in [-0.15, -0.1) is 0 Å². The topological polar surface area (TPSA) is 67.4 Å². The van der Waals surface area contributed by atoms with Gasteiger partial charge in [0.05, 0.1) is 0 Å². The molecule has 0 bridgehead atoms. The predicted molar refractivity (Wildman–Crippen MR) is 84.6 cm³/mol. The highest BCUT2D eigenvalue weighted by atomic mass is 32.1. The molecule has 0 aliphatic heterocycles. The molecule has 0 saturated heterocycles. The summed E-state index contributed by atoms with van der Waals surface area (Å²) in [5.41, 5.74) is 0.641. The molecule has 0 atom stereocenters. The van der Waals surface area contributed by atoms with Crippen molar-refractivity contribution >= 4 is 23.2 Å². The number of thiophene rings is 1. The lowest BCUT2D eigenvalue weighted by molar-refractivity contribution is -0.121. The van der Waals surface area contributed by atoms with Crippen LogP contribution in [0.2, 0.25) is 0 Å². The Hall–Kier alpha value is -1.40. The molecule has 1 heterocycles. The second-order valence-corrected chi connectivity index (χ2v) is 5.97. The van der Waals surface area contributed by atoms with Gasteiger partial charge in [-0.2, -0.15) is 11.3 Å². The van der Waals surface area contributed by atoms with Gasteiger partial charge < -0.3 is 15.4 Å². The number of hydrogen-bond acceptors (Lipinski definition) is 4. The van der Waals surface area contributed by atoms with Crippen molar-refractivity contribution in [3.63, 3.8) is 0 Å². The molecule has 0 saturated carbocycles. The third kappa shape index (κ3) is 8.47. The van der Waals surface area contributed by atoms with E-state index in [1.165, 1.54) is 11.3 Å². The molecule has 21 heavy (non-hydrogen) atoms. The van der Waals surface area contributed by atoms with Gasteiger partial charge in [0.2, 0.25) is 5.91 Å². The molecule has 118 valence electrons. The first-order chi connectivity index (χ1) is 10.1. The van der Waals surface area contributed by atoms with Crippen LogP contribution in [-0.4, -0.2) is 38.1 Å². The Kier molecular flexibility index (Phi) is 8.69. The summed E-state index contributed by atoms with van der Waals surface area (Å²) in [5, 5.41) is 9.17. The lowest BCUT2D eigenvalue weighted by Crippen LogP contribution is -2.31. The van der Waals surface area contributed by atoms with Crippen molar-refractivity contribution in [2.45, 2.75) is 26.7 Å². The Bertz CT molecular complexity index is 419. The summed E-state index contributed by atoms with van der Waals surface area (Å²) in [6.45, 7) is 6.58. The van der Waals surface area contributed by atoms with Gasteiger partial charge in [0.1, 0.15) is 0 Å². The minimum atomic E-state index is -0.133. The van der Waals surface area contributed by atoms with E-state index in [-0.39, 0.29) is 11.8 Å². The van der Waals surface area contributed by atoms with Gasteiger partial charge in [0.25, 0.3) is 5.91 Å². The lowest BCUT2D eigenvalue weighted by Gasteiger charge is -2.08. The fourth-order valence-corrected chi connectivity index (χ4v) is 2.23. The van der Waals surface area contributed by atoms with Gasteiger partial charge in [-0.25, -0.2) is 0 Å². The molecule has 0 aliphatic rings. The van der Waals surface area contributed by atoms with E-state index in [1.807, 2.05) is 5.38 Å². The first-order valence-corrected chi connectivity index (χ1v) is 8.18. The van der Waals surface area contributed by atoms with E-state index in [0.717, 1.165) is 13.0 Å². The summed E-state index contributed by atoms with van der Waals surface area (Å²) in [4.78, 5) is 23.2. The minimum absolute atomic E-state index is 0.0514. The quantitative estimate of drug-likeness (QED) is 0.650. The third-order valence-corrected chi connectivity index (χ3v) is 3.34. The molecule has 0 aromatic carbocycles. The molecular formula is C15H24N2O3S. The standard InChI is InChI=1S/C15H24N2O3S/c1-12(2)10-20-8-3-6-16-14(18)4-7-17-15(19)13-5-9-21-11-13/h5,9,11-12H,3-4,6-8,10H2,1-2H3,(H,16,18)(H,17,19). The fraction of sp³-hybridized carbons (Fsp3) is 0.600. The summed E-state index contributed by atoms with van der Waals surface area (Å²) in [5.74, 6) is 0.349. The minimum Gasteiger partial charge on any atom is -0.381 e. The molecule has 1 rings (SSSR count). The molecular weight excluding hydrogens is 288 g/mol. The van der Waals surface area contributed by atoms with Crippen LogP contribution in [0.25, 0.3) is 0 Å². The molecule has 0 unspecified atom stereocenters. The third-order valence-electron chi connectivity index (χ3n) is 2.66. The van der Waals surface area contributed by atoms with E-state index >= 15 is 0 Å². The Balaban J connectivity index is 1.98. The average molecular weight is 312 g/mol. The van der Waals surface area contributed by atoms with Crippen molar-refractivity contribution in [2.24, 2.45) is 5.92 Å². The van der Waals surface area contributed by atoms with Crippen molar-refractivity contribution in [3.05, 3.63) is 22.4 Å². The summed E-state index contributed by atoms with van der Waals surface area (Å²) < 4.78 is 5.42. The van der Waals surface area contributed by atoms with Crippen LogP contribution in [0.15, 0.2) is 16.8 Å². The van der Waals surface area contributed by atoms with Gasteiger partial charge in [0.15, 0.2) is 0 Å². The van der Waals surface area contributed by atoms with E-state index in [4.69, 9.17) is 4.74 Å². The molecule has 1 aromatic heterocycles. The number of carbonyl (C=O) groups is 2.